The van der Waals surface area contributed by atoms with Gasteiger partial charge in [-0.15, -0.1) is 0 Å². The Morgan fingerprint density at radius 3 is 2.21 bits per heavy atom. The van der Waals surface area contributed by atoms with Crippen molar-refractivity contribution in [1.82, 2.24) is 15.1 Å². The molecule has 1 unspecified atom stereocenters. The van der Waals surface area contributed by atoms with Gasteiger partial charge in [-0.05, 0) is 47.2 Å². The summed E-state index contributed by atoms with van der Waals surface area (Å²) in [5.74, 6) is 0. The average molecular weight is 345 g/mol. The standard InChI is InChI=1S/C17H35N3O4/c1-14(15(22-5)23-6)18-8-7-9-19-10-12-20(13-11-19)16(21)24-17(2,3)4/h14-15,18H,7-13H2,1-6H3. The van der Waals surface area contributed by atoms with Crippen LogP contribution in [0.3, 0.4) is 0 Å². The summed E-state index contributed by atoms with van der Waals surface area (Å²) in [6.45, 7) is 12.9. The number of ether oxygens (including phenoxy) is 3. The van der Waals surface area contributed by atoms with Crippen LogP contribution in [0.2, 0.25) is 0 Å². The SMILES string of the molecule is COC(OC)C(C)NCCCN1CCN(C(=O)OC(C)(C)C)CC1. The summed E-state index contributed by atoms with van der Waals surface area (Å²) >= 11 is 0. The number of carbonyl (C=O) groups is 1. The largest absolute Gasteiger partial charge is 0.444 e. The molecule has 0 radical (unpaired) electrons. The molecule has 0 aromatic rings. The van der Waals surface area contributed by atoms with E-state index in [4.69, 9.17) is 14.2 Å². The second-order valence-corrected chi connectivity index (χ2v) is 7.25. The topological polar surface area (TPSA) is 63.3 Å². The first kappa shape index (κ1) is 21.2. The lowest BCUT2D eigenvalue weighted by molar-refractivity contribution is -0.119. The zero-order valence-electron chi connectivity index (χ0n) is 16.1. The number of rotatable bonds is 8. The van der Waals surface area contributed by atoms with Gasteiger partial charge in [0, 0.05) is 40.4 Å². The molecule has 0 spiro atoms. The van der Waals surface area contributed by atoms with Gasteiger partial charge in [0.25, 0.3) is 0 Å². The van der Waals surface area contributed by atoms with Crippen LogP contribution in [-0.4, -0.2) is 87.3 Å². The fraction of sp³-hybridized carbons (Fsp3) is 0.941. The molecule has 1 aliphatic heterocycles. The number of carbonyl (C=O) groups excluding carboxylic acids is 1. The van der Waals surface area contributed by atoms with Crippen molar-refractivity contribution < 1.29 is 19.0 Å². The van der Waals surface area contributed by atoms with Crippen LogP contribution < -0.4 is 5.32 Å². The smallest absolute Gasteiger partial charge is 0.410 e. The predicted molar refractivity (Wildman–Crippen MR) is 94.1 cm³/mol. The van der Waals surface area contributed by atoms with Gasteiger partial charge in [0.05, 0.1) is 6.04 Å². The molecule has 1 aliphatic rings. The van der Waals surface area contributed by atoms with Gasteiger partial charge in [0.1, 0.15) is 5.60 Å². The monoisotopic (exact) mass is 345 g/mol. The average Bonchev–Trinajstić information content (AvgIpc) is 2.51. The molecule has 1 N–H and O–H groups in total. The van der Waals surface area contributed by atoms with E-state index in [1.165, 1.54) is 0 Å². The molecule has 1 atom stereocenters. The van der Waals surface area contributed by atoms with Gasteiger partial charge in [-0.3, -0.25) is 4.90 Å². The summed E-state index contributed by atoms with van der Waals surface area (Å²) < 4.78 is 15.9. The fourth-order valence-electron chi connectivity index (χ4n) is 2.71. The Hall–Kier alpha value is -0.890. The van der Waals surface area contributed by atoms with Crippen molar-refractivity contribution in [1.29, 1.82) is 0 Å². The Balaban J connectivity index is 2.17. The molecule has 7 heteroatoms. The normalized spacial score (nSPS) is 18.0. The highest BCUT2D eigenvalue weighted by Crippen LogP contribution is 2.12. The Kier molecular flexibility index (Phi) is 8.97. The molecule has 7 nitrogen and oxygen atoms in total. The van der Waals surface area contributed by atoms with Crippen molar-refractivity contribution >= 4 is 6.09 Å². The van der Waals surface area contributed by atoms with Crippen LogP contribution in [0.25, 0.3) is 0 Å². The second kappa shape index (κ2) is 10.2. The van der Waals surface area contributed by atoms with E-state index in [1.54, 1.807) is 19.1 Å². The molecule has 0 bridgehead atoms. The van der Waals surface area contributed by atoms with Gasteiger partial charge < -0.3 is 24.4 Å². The van der Waals surface area contributed by atoms with Crippen LogP contribution in [0.15, 0.2) is 0 Å². The summed E-state index contributed by atoms with van der Waals surface area (Å²) in [7, 11) is 3.30. The van der Waals surface area contributed by atoms with Crippen LogP contribution in [0.1, 0.15) is 34.1 Å². The van der Waals surface area contributed by atoms with Crippen molar-refractivity contribution in [3.63, 3.8) is 0 Å². The molecule has 0 aliphatic carbocycles. The highest BCUT2D eigenvalue weighted by Gasteiger charge is 2.25. The summed E-state index contributed by atoms with van der Waals surface area (Å²) in [6, 6.07) is 0.156. The first-order valence-corrected chi connectivity index (χ1v) is 8.76. The summed E-state index contributed by atoms with van der Waals surface area (Å²) in [4.78, 5) is 16.2. The minimum absolute atomic E-state index is 0.156. The molecule has 1 fully saturated rings. The summed E-state index contributed by atoms with van der Waals surface area (Å²) in [6.07, 6.45) is 0.627. The number of piperazine rings is 1. The molecule has 142 valence electrons. The number of hydrogen-bond donors (Lipinski definition) is 1. The molecule has 24 heavy (non-hydrogen) atoms. The lowest BCUT2D eigenvalue weighted by Crippen LogP contribution is -2.50. The van der Waals surface area contributed by atoms with E-state index in [0.717, 1.165) is 45.7 Å². The van der Waals surface area contributed by atoms with Gasteiger partial charge in [-0.25, -0.2) is 4.79 Å². The molecule has 1 heterocycles. The third-order valence-electron chi connectivity index (χ3n) is 4.01. The summed E-state index contributed by atoms with van der Waals surface area (Å²) in [5, 5.41) is 3.42. The minimum atomic E-state index is -0.432. The summed E-state index contributed by atoms with van der Waals surface area (Å²) in [5.41, 5.74) is -0.432. The van der Waals surface area contributed by atoms with Crippen LogP contribution >= 0.6 is 0 Å². The van der Waals surface area contributed by atoms with Crippen LogP contribution in [0, 0.1) is 0 Å². The molecule has 0 aromatic heterocycles. The highest BCUT2D eigenvalue weighted by molar-refractivity contribution is 5.68. The molecule has 0 saturated carbocycles. The first-order chi connectivity index (χ1) is 11.3. The number of nitrogens with zero attached hydrogens (tertiary/aromatic N) is 2. The fourth-order valence-corrected chi connectivity index (χ4v) is 2.71. The Morgan fingerprint density at radius 1 is 1.12 bits per heavy atom. The van der Waals surface area contributed by atoms with Crippen molar-refractivity contribution in [3.05, 3.63) is 0 Å². The number of nitrogens with one attached hydrogen (secondary N) is 1. The molecule has 0 aromatic carbocycles. The maximum absolute atomic E-state index is 12.0. The van der Waals surface area contributed by atoms with Crippen LogP contribution in [0.5, 0.6) is 0 Å². The van der Waals surface area contributed by atoms with E-state index in [-0.39, 0.29) is 18.4 Å². The van der Waals surface area contributed by atoms with Crippen molar-refractivity contribution in [3.8, 4) is 0 Å². The minimum Gasteiger partial charge on any atom is -0.444 e. The van der Waals surface area contributed by atoms with Crippen LogP contribution in [0.4, 0.5) is 4.79 Å². The van der Waals surface area contributed by atoms with Gasteiger partial charge in [-0.1, -0.05) is 0 Å². The maximum atomic E-state index is 12.0. The van der Waals surface area contributed by atoms with Crippen molar-refractivity contribution in [2.45, 2.75) is 52.0 Å². The third-order valence-corrected chi connectivity index (χ3v) is 4.01. The Labute approximate surface area is 146 Å². The quantitative estimate of drug-likeness (QED) is 0.532. The van der Waals surface area contributed by atoms with Gasteiger partial charge in [0.2, 0.25) is 0 Å². The number of methoxy groups -OCH3 is 2. The number of amides is 1. The van der Waals surface area contributed by atoms with E-state index in [1.807, 2.05) is 20.8 Å². The zero-order valence-corrected chi connectivity index (χ0v) is 16.1. The van der Waals surface area contributed by atoms with E-state index in [2.05, 4.69) is 17.1 Å². The Bertz CT molecular complexity index is 361. The Morgan fingerprint density at radius 2 is 1.71 bits per heavy atom. The third kappa shape index (κ3) is 7.79. The molecule has 1 rings (SSSR count). The van der Waals surface area contributed by atoms with Crippen LogP contribution in [-0.2, 0) is 14.2 Å². The molecule has 1 saturated heterocycles. The predicted octanol–water partition coefficient (Wildman–Crippen LogP) is 1.53. The van der Waals surface area contributed by atoms with E-state index < -0.39 is 5.60 Å². The van der Waals surface area contributed by atoms with E-state index >= 15 is 0 Å². The molecular formula is C17H35N3O4. The molecular weight excluding hydrogens is 310 g/mol. The number of hydrogen-bond acceptors (Lipinski definition) is 6. The maximum Gasteiger partial charge on any atom is 0.410 e. The van der Waals surface area contributed by atoms with Gasteiger partial charge in [0.15, 0.2) is 6.29 Å². The second-order valence-electron chi connectivity index (χ2n) is 7.25. The van der Waals surface area contributed by atoms with E-state index in [0.29, 0.717) is 0 Å². The molecule has 1 amide bonds. The first-order valence-electron chi connectivity index (χ1n) is 8.76. The lowest BCUT2D eigenvalue weighted by atomic mass is 10.2. The zero-order chi connectivity index (χ0) is 18.2. The van der Waals surface area contributed by atoms with Gasteiger partial charge in [-0.2, -0.15) is 0 Å². The van der Waals surface area contributed by atoms with E-state index in [9.17, 15) is 4.79 Å². The van der Waals surface area contributed by atoms with Crippen molar-refractivity contribution in [2.24, 2.45) is 0 Å². The lowest BCUT2D eigenvalue weighted by Gasteiger charge is -2.35. The highest BCUT2D eigenvalue weighted by atomic mass is 16.7. The van der Waals surface area contributed by atoms with Crippen molar-refractivity contribution in [2.75, 3.05) is 53.5 Å². The van der Waals surface area contributed by atoms with Gasteiger partial charge >= 0.3 is 6.09 Å².